The van der Waals surface area contributed by atoms with Crippen LogP contribution in [0.3, 0.4) is 0 Å². The fraction of sp³-hybridized carbons (Fsp3) is 0.200. The molecule has 6 nitrogen and oxygen atoms in total. The minimum Gasteiger partial charge on any atom is -0.497 e. The number of amides is 1. The Morgan fingerprint density at radius 1 is 1.08 bits per heavy atom. The third-order valence-electron chi connectivity index (χ3n) is 3.76. The third-order valence-corrected chi connectivity index (χ3v) is 3.76. The van der Waals surface area contributed by atoms with Crippen molar-refractivity contribution >= 4 is 11.6 Å². The first-order valence-electron chi connectivity index (χ1n) is 8.23. The van der Waals surface area contributed by atoms with Crippen molar-refractivity contribution in [2.24, 2.45) is 0 Å². The number of aromatic nitrogens is 2. The molecule has 134 valence electrons. The summed E-state index contributed by atoms with van der Waals surface area (Å²) >= 11 is 0. The van der Waals surface area contributed by atoms with Crippen molar-refractivity contribution in [3.63, 3.8) is 0 Å². The van der Waals surface area contributed by atoms with Gasteiger partial charge in [0.1, 0.15) is 11.5 Å². The molecule has 1 aromatic heterocycles. The Labute approximate surface area is 152 Å². The number of carbonyl (C=O) groups is 1. The van der Waals surface area contributed by atoms with Crippen LogP contribution in [-0.2, 0) is 6.73 Å². The minimum absolute atomic E-state index is 0.231. The Morgan fingerprint density at radius 2 is 1.85 bits per heavy atom. The second-order valence-corrected chi connectivity index (χ2v) is 6.02. The van der Waals surface area contributed by atoms with E-state index in [-0.39, 0.29) is 12.6 Å². The molecule has 0 aliphatic rings. The van der Waals surface area contributed by atoms with Crippen molar-refractivity contribution in [3.05, 3.63) is 71.5 Å². The third kappa shape index (κ3) is 4.42. The molecule has 1 amide bonds. The van der Waals surface area contributed by atoms with Gasteiger partial charge in [0.2, 0.25) is 0 Å². The quantitative estimate of drug-likeness (QED) is 0.734. The second kappa shape index (κ2) is 7.74. The SMILES string of the molecule is COc1cccc(NC(=O)c2ccn(COc3cc(C)cc(C)c3)n2)c1. The minimum atomic E-state index is -0.289. The van der Waals surface area contributed by atoms with Crippen LogP contribution in [0, 0.1) is 13.8 Å². The van der Waals surface area contributed by atoms with Crippen molar-refractivity contribution in [2.45, 2.75) is 20.6 Å². The number of ether oxygens (including phenoxy) is 2. The molecule has 0 fully saturated rings. The van der Waals surface area contributed by atoms with Gasteiger partial charge in [0, 0.05) is 18.0 Å². The highest BCUT2D eigenvalue weighted by Gasteiger charge is 2.10. The number of hydrogen-bond acceptors (Lipinski definition) is 4. The highest BCUT2D eigenvalue weighted by atomic mass is 16.5. The first-order chi connectivity index (χ1) is 12.5. The Balaban J connectivity index is 1.62. The number of anilines is 1. The Hall–Kier alpha value is -3.28. The molecule has 0 atom stereocenters. The summed E-state index contributed by atoms with van der Waals surface area (Å²) in [6.07, 6.45) is 1.71. The summed E-state index contributed by atoms with van der Waals surface area (Å²) in [6, 6.07) is 14.8. The number of hydrogen-bond donors (Lipinski definition) is 1. The summed E-state index contributed by atoms with van der Waals surface area (Å²) in [5, 5.41) is 7.06. The molecule has 0 bridgehead atoms. The van der Waals surface area contributed by atoms with E-state index < -0.39 is 0 Å². The molecule has 6 heteroatoms. The number of carbonyl (C=O) groups excluding carboxylic acids is 1. The molecule has 0 spiro atoms. The molecule has 0 saturated heterocycles. The maximum Gasteiger partial charge on any atom is 0.276 e. The van der Waals surface area contributed by atoms with Crippen LogP contribution in [0.15, 0.2) is 54.7 Å². The van der Waals surface area contributed by atoms with Crippen molar-refractivity contribution in [3.8, 4) is 11.5 Å². The highest BCUT2D eigenvalue weighted by Crippen LogP contribution is 2.18. The van der Waals surface area contributed by atoms with Gasteiger partial charge in [-0.1, -0.05) is 12.1 Å². The molecule has 3 aromatic rings. The van der Waals surface area contributed by atoms with Crippen LogP contribution in [0.25, 0.3) is 0 Å². The van der Waals surface area contributed by atoms with Gasteiger partial charge in [-0.15, -0.1) is 0 Å². The van der Waals surface area contributed by atoms with E-state index in [0.717, 1.165) is 16.9 Å². The molecule has 0 radical (unpaired) electrons. The number of methoxy groups -OCH3 is 1. The van der Waals surface area contributed by atoms with Crippen LogP contribution in [0.1, 0.15) is 21.6 Å². The molecule has 1 heterocycles. The van der Waals surface area contributed by atoms with Crippen LogP contribution in [0.5, 0.6) is 11.5 Å². The van der Waals surface area contributed by atoms with E-state index in [2.05, 4.69) is 16.5 Å². The van der Waals surface area contributed by atoms with E-state index in [9.17, 15) is 4.79 Å². The van der Waals surface area contributed by atoms with E-state index >= 15 is 0 Å². The number of nitrogens with zero attached hydrogens (tertiary/aromatic N) is 2. The van der Waals surface area contributed by atoms with Crippen molar-refractivity contribution in [1.29, 1.82) is 0 Å². The lowest BCUT2D eigenvalue weighted by Gasteiger charge is -2.08. The van der Waals surface area contributed by atoms with Gasteiger partial charge in [-0.25, -0.2) is 4.68 Å². The zero-order chi connectivity index (χ0) is 18.5. The first-order valence-corrected chi connectivity index (χ1v) is 8.23. The lowest BCUT2D eigenvalue weighted by atomic mass is 10.1. The van der Waals surface area contributed by atoms with Crippen LogP contribution < -0.4 is 14.8 Å². The second-order valence-electron chi connectivity index (χ2n) is 6.02. The first kappa shape index (κ1) is 17.5. The van der Waals surface area contributed by atoms with E-state index in [1.165, 1.54) is 0 Å². The normalized spacial score (nSPS) is 10.4. The molecule has 2 aromatic carbocycles. The summed E-state index contributed by atoms with van der Waals surface area (Å²) in [4.78, 5) is 12.3. The van der Waals surface area contributed by atoms with Gasteiger partial charge >= 0.3 is 0 Å². The maximum atomic E-state index is 12.3. The molecule has 0 saturated carbocycles. The zero-order valence-electron chi connectivity index (χ0n) is 15.0. The van der Waals surface area contributed by atoms with Crippen molar-refractivity contribution < 1.29 is 14.3 Å². The van der Waals surface area contributed by atoms with Crippen molar-refractivity contribution in [2.75, 3.05) is 12.4 Å². The Kier molecular flexibility index (Phi) is 5.22. The average molecular weight is 351 g/mol. The molecule has 0 aliphatic carbocycles. The van der Waals surface area contributed by atoms with Crippen LogP contribution in [0.4, 0.5) is 5.69 Å². The Bertz CT molecular complexity index is 898. The molecule has 3 rings (SSSR count). The monoisotopic (exact) mass is 351 g/mol. The molecule has 0 aliphatic heterocycles. The smallest absolute Gasteiger partial charge is 0.276 e. The number of nitrogens with one attached hydrogen (secondary N) is 1. The van der Waals surface area contributed by atoms with Crippen LogP contribution in [-0.4, -0.2) is 22.8 Å². The predicted octanol–water partition coefficient (Wildman–Crippen LogP) is 3.80. The van der Waals surface area contributed by atoms with Gasteiger partial charge in [-0.3, -0.25) is 4.79 Å². The van der Waals surface area contributed by atoms with Gasteiger partial charge in [0.15, 0.2) is 12.4 Å². The summed E-state index contributed by atoms with van der Waals surface area (Å²) < 4.78 is 12.5. The molecular formula is C20H21N3O3. The maximum absolute atomic E-state index is 12.3. The highest BCUT2D eigenvalue weighted by molar-refractivity contribution is 6.02. The van der Waals surface area contributed by atoms with E-state index in [1.54, 1.807) is 36.2 Å². The molecular weight excluding hydrogens is 330 g/mol. The fourth-order valence-corrected chi connectivity index (χ4v) is 2.61. The number of benzene rings is 2. The largest absolute Gasteiger partial charge is 0.497 e. The summed E-state index contributed by atoms with van der Waals surface area (Å²) in [7, 11) is 1.58. The molecule has 0 unspecified atom stereocenters. The van der Waals surface area contributed by atoms with Crippen LogP contribution in [0.2, 0.25) is 0 Å². The van der Waals surface area contributed by atoms with E-state index in [4.69, 9.17) is 9.47 Å². The van der Waals surface area contributed by atoms with Gasteiger partial charge in [0.05, 0.1) is 7.11 Å². The van der Waals surface area contributed by atoms with Gasteiger partial charge in [-0.2, -0.15) is 5.10 Å². The molecule has 1 N–H and O–H groups in total. The van der Waals surface area contributed by atoms with Gasteiger partial charge in [0.25, 0.3) is 5.91 Å². The van der Waals surface area contributed by atoms with E-state index in [1.807, 2.05) is 38.1 Å². The Morgan fingerprint density at radius 3 is 2.58 bits per heavy atom. The lowest BCUT2D eigenvalue weighted by molar-refractivity contribution is 0.102. The van der Waals surface area contributed by atoms with E-state index in [0.29, 0.717) is 17.1 Å². The zero-order valence-corrected chi connectivity index (χ0v) is 15.0. The summed E-state index contributed by atoms with van der Waals surface area (Å²) in [5.74, 6) is 1.17. The number of rotatable bonds is 6. The fourth-order valence-electron chi connectivity index (χ4n) is 2.61. The van der Waals surface area contributed by atoms with Gasteiger partial charge in [-0.05, 0) is 55.3 Å². The van der Waals surface area contributed by atoms with Crippen molar-refractivity contribution in [1.82, 2.24) is 9.78 Å². The average Bonchev–Trinajstić information content (AvgIpc) is 3.08. The van der Waals surface area contributed by atoms with Crippen LogP contribution >= 0.6 is 0 Å². The molecule has 26 heavy (non-hydrogen) atoms. The standard InChI is InChI=1S/C20H21N3O3/c1-14-9-15(2)11-18(10-14)26-13-23-8-7-19(22-23)20(24)21-16-5-4-6-17(12-16)25-3/h4-12H,13H2,1-3H3,(H,21,24). The van der Waals surface area contributed by atoms with Gasteiger partial charge < -0.3 is 14.8 Å². The predicted molar refractivity (Wildman–Crippen MR) is 99.7 cm³/mol. The summed E-state index contributed by atoms with van der Waals surface area (Å²) in [6.45, 7) is 4.28. The lowest BCUT2D eigenvalue weighted by Crippen LogP contribution is -2.14. The number of aryl methyl sites for hydroxylation is 2. The topological polar surface area (TPSA) is 65.4 Å². The summed E-state index contributed by atoms with van der Waals surface area (Å²) in [5.41, 5.74) is 3.24.